The van der Waals surface area contributed by atoms with E-state index in [4.69, 9.17) is 14.0 Å². The van der Waals surface area contributed by atoms with Crippen LogP contribution in [0, 0.1) is 0 Å². The number of hydrogen-bond donors (Lipinski definition) is 1. The molecule has 0 saturated carbocycles. The normalized spacial score (nSPS) is 17.6. The summed E-state index contributed by atoms with van der Waals surface area (Å²) in [6.07, 6.45) is 0.366. The Balaban J connectivity index is 1.98. The lowest BCUT2D eigenvalue weighted by Gasteiger charge is -2.09. The third kappa shape index (κ3) is 2.42. The van der Waals surface area contributed by atoms with E-state index in [1.807, 2.05) is 6.07 Å². The number of nitrogens with one attached hydrogen (secondary N) is 1. The van der Waals surface area contributed by atoms with Crippen LogP contribution in [-0.2, 0) is 4.79 Å². The first-order valence-electron chi connectivity index (χ1n) is 6.54. The summed E-state index contributed by atoms with van der Waals surface area (Å²) in [5.41, 5.74) is 0.634. The van der Waals surface area contributed by atoms with Gasteiger partial charge in [0, 0.05) is 13.0 Å². The maximum Gasteiger partial charge on any atom is 0.232 e. The zero-order chi connectivity index (χ0) is 14.8. The molecule has 7 nitrogen and oxygen atoms in total. The number of methoxy groups -OCH3 is 2. The fourth-order valence-corrected chi connectivity index (χ4v) is 2.35. The van der Waals surface area contributed by atoms with Crippen LogP contribution in [0.1, 0.15) is 18.2 Å². The zero-order valence-corrected chi connectivity index (χ0v) is 11.8. The Bertz CT molecular complexity index is 646. The molecule has 1 aromatic heterocycles. The first-order valence-corrected chi connectivity index (χ1v) is 6.54. The van der Waals surface area contributed by atoms with Crippen molar-refractivity contribution in [1.82, 2.24) is 15.5 Å². The molecular weight excluding hydrogens is 274 g/mol. The van der Waals surface area contributed by atoms with Gasteiger partial charge in [-0.05, 0) is 12.1 Å². The van der Waals surface area contributed by atoms with E-state index in [0.29, 0.717) is 41.7 Å². The van der Waals surface area contributed by atoms with Crippen LogP contribution in [0.2, 0.25) is 0 Å². The number of ether oxygens (including phenoxy) is 2. The Labute approximate surface area is 121 Å². The Hall–Kier alpha value is -2.57. The number of rotatable bonds is 4. The van der Waals surface area contributed by atoms with Crippen LogP contribution >= 0.6 is 0 Å². The second-order valence-corrected chi connectivity index (χ2v) is 4.70. The van der Waals surface area contributed by atoms with Gasteiger partial charge in [0.2, 0.25) is 17.6 Å². The third-order valence-electron chi connectivity index (χ3n) is 3.42. The molecule has 1 aromatic carbocycles. The molecule has 1 fully saturated rings. The van der Waals surface area contributed by atoms with Crippen molar-refractivity contribution in [2.45, 2.75) is 12.3 Å². The van der Waals surface area contributed by atoms with Gasteiger partial charge in [0.25, 0.3) is 0 Å². The molecule has 1 atom stereocenters. The summed E-state index contributed by atoms with van der Waals surface area (Å²) in [6.45, 7) is 0.517. The molecule has 0 spiro atoms. The van der Waals surface area contributed by atoms with Crippen LogP contribution in [0.5, 0.6) is 11.5 Å². The quantitative estimate of drug-likeness (QED) is 0.914. The van der Waals surface area contributed by atoms with E-state index in [2.05, 4.69) is 15.5 Å². The molecule has 1 aliphatic heterocycles. The summed E-state index contributed by atoms with van der Waals surface area (Å²) in [4.78, 5) is 15.6. The topological polar surface area (TPSA) is 86.5 Å². The molecule has 1 N–H and O–H groups in total. The average Bonchev–Trinajstić information content (AvgIpc) is 3.14. The fourth-order valence-electron chi connectivity index (χ4n) is 2.35. The second-order valence-electron chi connectivity index (χ2n) is 4.70. The highest BCUT2D eigenvalue weighted by atomic mass is 16.5. The fraction of sp³-hybridized carbons (Fsp3) is 0.357. The van der Waals surface area contributed by atoms with Crippen LogP contribution in [0.4, 0.5) is 0 Å². The van der Waals surface area contributed by atoms with Gasteiger partial charge in [-0.25, -0.2) is 0 Å². The van der Waals surface area contributed by atoms with Gasteiger partial charge in [0.1, 0.15) is 17.1 Å². The molecule has 21 heavy (non-hydrogen) atoms. The number of amides is 1. The smallest absolute Gasteiger partial charge is 0.232 e. The molecular formula is C14H15N3O4. The van der Waals surface area contributed by atoms with Gasteiger partial charge in [-0.3, -0.25) is 4.79 Å². The SMILES string of the molecule is COc1cccc(OC)c1-c1noc(C2CNC(=O)C2)n1. The highest BCUT2D eigenvalue weighted by Crippen LogP contribution is 2.37. The Morgan fingerprint density at radius 1 is 1.29 bits per heavy atom. The summed E-state index contributed by atoms with van der Waals surface area (Å²) < 4.78 is 15.9. The second kappa shape index (κ2) is 5.43. The van der Waals surface area contributed by atoms with E-state index in [9.17, 15) is 4.79 Å². The Morgan fingerprint density at radius 3 is 2.57 bits per heavy atom. The number of nitrogens with zero attached hydrogens (tertiary/aromatic N) is 2. The first kappa shape index (κ1) is 13.4. The molecule has 2 heterocycles. The summed E-state index contributed by atoms with van der Waals surface area (Å²) in [5, 5.41) is 6.73. The van der Waals surface area contributed by atoms with E-state index in [0.717, 1.165) is 0 Å². The molecule has 0 bridgehead atoms. The molecule has 0 radical (unpaired) electrons. The van der Waals surface area contributed by atoms with Crippen molar-refractivity contribution in [3.05, 3.63) is 24.1 Å². The van der Waals surface area contributed by atoms with Crippen molar-refractivity contribution in [2.24, 2.45) is 0 Å². The molecule has 110 valence electrons. The van der Waals surface area contributed by atoms with Crippen molar-refractivity contribution in [3.8, 4) is 22.9 Å². The van der Waals surface area contributed by atoms with Gasteiger partial charge in [0.15, 0.2) is 0 Å². The Kier molecular flexibility index (Phi) is 3.47. The van der Waals surface area contributed by atoms with Crippen molar-refractivity contribution >= 4 is 5.91 Å². The minimum absolute atomic E-state index is 0.00498. The summed E-state index contributed by atoms with van der Waals surface area (Å²) >= 11 is 0. The summed E-state index contributed by atoms with van der Waals surface area (Å²) in [5.74, 6) is 1.94. The molecule has 1 saturated heterocycles. The molecule has 7 heteroatoms. The number of benzene rings is 1. The van der Waals surface area contributed by atoms with Crippen molar-refractivity contribution in [3.63, 3.8) is 0 Å². The number of carbonyl (C=O) groups excluding carboxylic acids is 1. The van der Waals surface area contributed by atoms with E-state index in [1.165, 1.54) is 0 Å². The Morgan fingerprint density at radius 2 is 2.00 bits per heavy atom. The van der Waals surface area contributed by atoms with Gasteiger partial charge in [-0.2, -0.15) is 4.98 Å². The van der Waals surface area contributed by atoms with Crippen LogP contribution in [-0.4, -0.2) is 36.8 Å². The molecule has 0 aliphatic carbocycles. The highest BCUT2D eigenvalue weighted by Gasteiger charge is 2.29. The van der Waals surface area contributed by atoms with Gasteiger partial charge in [-0.1, -0.05) is 11.2 Å². The average molecular weight is 289 g/mol. The number of hydrogen-bond acceptors (Lipinski definition) is 6. The van der Waals surface area contributed by atoms with Crippen molar-refractivity contribution < 1.29 is 18.8 Å². The largest absolute Gasteiger partial charge is 0.496 e. The van der Waals surface area contributed by atoms with E-state index >= 15 is 0 Å². The molecule has 1 aliphatic rings. The van der Waals surface area contributed by atoms with Gasteiger partial charge < -0.3 is 19.3 Å². The number of carbonyl (C=O) groups is 1. The predicted octanol–water partition coefficient (Wildman–Crippen LogP) is 1.36. The highest BCUT2D eigenvalue weighted by molar-refractivity contribution is 5.79. The lowest BCUT2D eigenvalue weighted by molar-refractivity contribution is -0.119. The molecule has 3 rings (SSSR count). The van der Waals surface area contributed by atoms with Crippen molar-refractivity contribution in [1.29, 1.82) is 0 Å². The number of aromatic nitrogens is 2. The molecule has 1 unspecified atom stereocenters. The molecule has 1 amide bonds. The van der Waals surface area contributed by atoms with Gasteiger partial charge in [-0.15, -0.1) is 0 Å². The lowest BCUT2D eigenvalue weighted by atomic mass is 10.1. The summed E-state index contributed by atoms with van der Waals surface area (Å²) in [6, 6.07) is 5.42. The minimum atomic E-state index is -0.0838. The van der Waals surface area contributed by atoms with E-state index in [-0.39, 0.29) is 11.8 Å². The minimum Gasteiger partial charge on any atom is -0.496 e. The standard InChI is InChI=1S/C14H15N3O4/c1-19-9-4-3-5-10(20-2)12(9)13-16-14(21-17-13)8-6-11(18)15-7-8/h3-5,8H,6-7H2,1-2H3,(H,15,18). The molecule has 2 aromatic rings. The van der Waals surface area contributed by atoms with E-state index in [1.54, 1.807) is 26.4 Å². The zero-order valence-electron chi connectivity index (χ0n) is 11.8. The third-order valence-corrected chi connectivity index (χ3v) is 3.42. The van der Waals surface area contributed by atoms with E-state index < -0.39 is 0 Å². The van der Waals surface area contributed by atoms with Crippen LogP contribution in [0.3, 0.4) is 0 Å². The summed E-state index contributed by atoms with van der Waals surface area (Å²) in [7, 11) is 3.14. The van der Waals surface area contributed by atoms with Crippen LogP contribution < -0.4 is 14.8 Å². The van der Waals surface area contributed by atoms with Gasteiger partial charge in [0.05, 0.1) is 20.1 Å². The lowest BCUT2D eigenvalue weighted by Crippen LogP contribution is -2.13. The monoisotopic (exact) mass is 289 g/mol. The first-order chi connectivity index (χ1) is 10.2. The maximum absolute atomic E-state index is 11.3. The predicted molar refractivity (Wildman–Crippen MR) is 73.2 cm³/mol. The maximum atomic E-state index is 11.3. The van der Waals surface area contributed by atoms with Gasteiger partial charge >= 0.3 is 0 Å². The van der Waals surface area contributed by atoms with Crippen molar-refractivity contribution in [2.75, 3.05) is 20.8 Å². The van der Waals surface area contributed by atoms with Crippen LogP contribution in [0.15, 0.2) is 22.7 Å². The van der Waals surface area contributed by atoms with Crippen LogP contribution in [0.25, 0.3) is 11.4 Å².